The summed E-state index contributed by atoms with van der Waals surface area (Å²) in [6.45, 7) is 1.16. The smallest absolute Gasteiger partial charge is 0.252 e. The number of halogens is 1. The van der Waals surface area contributed by atoms with E-state index in [0.717, 1.165) is 6.42 Å². The van der Waals surface area contributed by atoms with Gasteiger partial charge in [0, 0.05) is 32.0 Å². The van der Waals surface area contributed by atoms with Crippen molar-refractivity contribution in [3.05, 3.63) is 54.0 Å². The molecule has 2 rings (SSSR count). The van der Waals surface area contributed by atoms with Crippen LogP contribution >= 0.6 is 0 Å². The molecule has 0 radical (unpaired) electrons. The van der Waals surface area contributed by atoms with Gasteiger partial charge in [-0.15, -0.1) is 0 Å². The molecule has 0 bridgehead atoms. The van der Waals surface area contributed by atoms with E-state index in [1.54, 1.807) is 31.4 Å². The normalized spacial score (nSPS) is 10.4. The summed E-state index contributed by atoms with van der Waals surface area (Å²) in [7, 11) is 1.62. The molecule has 0 aliphatic carbocycles. The van der Waals surface area contributed by atoms with E-state index in [1.165, 1.54) is 18.3 Å². The van der Waals surface area contributed by atoms with Crippen LogP contribution in [0, 0.1) is 5.82 Å². The van der Waals surface area contributed by atoms with Crippen molar-refractivity contribution in [1.29, 1.82) is 0 Å². The second kappa shape index (κ2) is 7.50. The Bertz CT molecular complexity index is 599. The number of carbonyl (C=O) groups excluding carboxylic acids is 1. The molecule has 0 atom stereocenters. The van der Waals surface area contributed by atoms with Gasteiger partial charge >= 0.3 is 0 Å². The highest BCUT2D eigenvalue weighted by Gasteiger charge is 2.06. The third-order valence-corrected chi connectivity index (χ3v) is 2.96. The minimum Gasteiger partial charge on any atom is -0.385 e. The Morgan fingerprint density at radius 3 is 2.86 bits per heavy atom. The lowest BCUT2D eigenvalue weighted by Crippen LogP contribution is -2.25. The second-order valence-electron chi connectivity index (χ2n) is 4.54. The summed E-state index contributed by atoms with van der Waals surface area (Å²) in [6.07, 6.45) is 2.25. The van der Waals surface area contributed by atoms with Crippen molar-refractivity contribution in [2.75, 3.05) is 20.3 Å². The van der Waals surface area contributed by atoms with Gasteiger partial charge in [-0.05, 0) is 30.7 Å². The van der Waals surface area contributed by atoms with E-state index in [4.69, 9.17) is 4.74 Å². The summed E-state index contributed by atoms with van der Waals surface area (Å²) < 4.78 is 18.1. The number of aromatic nitrogens is 1. The molecule has 1 amide bonds. The summed E-state index contributed by atoms with van der Waals surface area (Å²) in [5, 5.41) is 2.78. The summed E-state index contributed by atoms with van der Waals surface area (Å²) in [6, 6.07) is 9.58. The maximum Gasteiger partial charge on any atom is 0.252 e. The number of rotatable bonds is 6. The van der Waals surface area contributed by atoms with E-state index < -0.39 is 0 Å². The Hall–Kier alpha value is -2.27. The van der Waals surface area contributed by atoms with Crippen LogP contribution < -0.4 is 5.32 Å². The van der Waals surface area contributed by atoms with Crippen molar-refractivity contribution in [2.45, 2.75) is 6.42 Å². The van der Waals surface area contributed by atoms with Crippen molar-refractivity contribution >= 4 is 5.91 Å². The third kappa shape index (κ3) is 4.36. The molecule has 1 aromatic carbocycles. The van der Waals surface area contributed by atoms with Gasteiger partial charge in [0.2, 0.25) is 0 Å². The fraction of sp³-hybridized carbons (Fsp3) is 0.250. The van der Waals surface area contributed by atoms with Gasteiger partial charge in [-0.25, -0.2) is 4.39 Å². The molecule has 1 aromatic heterocycles. The van der Waals surface area contributed by atoms with Gasteiger partial charge in [-0.2, -0.15) is 0 Å². The van der Waals surface area contributed by atoms with Crippen LogP contribution in [0.1, 0.15) is 16.8 Å². The lowest BCUT2D eigenvalue weighted by Gasteiger charge is -2.06. The quantitative estimate of drug-likeness (QED) is 0.831. The predicted octanol–water partition coefficient (Wildman–Crippen LogP) is 2.65. The maximum atomic E-state index is 13.2. The predicted molar refractivity (Wildman–Crippen MR) is 78.5 cm³/mol. The first-order valence-electron chi connectivity index (χ1n) is 6.70. The van der Waals surface area contributed by atoms with Gasteiger partial charge in [-0.1, -0.05) is 12.1 Å². The number of pyridine rings is 1. The zero-order valence-electron chi connectivity index (χ0n) is 11.8. The molecule has 2 aromatic rings. The molecule has 0 aliphatic heterocycles. The number of ether oxygens (including phenoxy) is 1. The van der Waals surface area contributed by atoms with Crippen LogP contribution in [-0.4, -0.2) is 31.2 Å². The molecule has 0 saturated heterocycles. The number of carbonyl (C=O) groups is 1. The molecule has 0 spiro atoms. The van der Waals surface area contributed by atoms with Gasteiger partial charge in [0.15, 0.2) is 0 Å². The van der Waals surface area contributed by atoms with Crippen LogP contribution in [0.3, 0.4) is 0 Å². The molecule has 0 fully saturated rings. The minimum absolute atomic E-state index is 0.176. The average molecular weight is 288 g/mol. The Balaban J connectivity index is 2.00. The van der Waals surface area contributed by atoms with E-state index in [1.807, 2.05) is 0 Å². The summed E-state index contributed by atoms with van der Waals surface area (Å²) in [5.74, 6) is -0.487. The van der Waals surface area contributed by atoms with Crippen molar-refractivity contribution in [3.63, 3.8) is 0 Å². The topological polar surface area (TPSA) is 51.2 Å². The van der Waals surface area contributed by atoms with E-state index in [-0.39, 0.29) is 11.7 Å². The highest BCUT2D eigenvalue weighted by molar-refractivity contribution is 5.94. The lowest BCUT2D eigenvalue weighted by atomic mass is 10.1. The van der Waals surface area contributed by atoms with Crippen LogP contribution in [-0.2, 0) is 4.74 Å². The van der Waals surface area contributed by atoms with Crippen molar-refractivity contribution in [3.8, 4) is 11.3 Å². The summed E-state index contributed by atoms with van der Waals surface area (Å²) in [5.41, 5.74) is 1.79. The number of nitrogens with zero attached hydrogens (tertiary/aromatic N) is 1. The summed E-state index contributed by atoms with van der Waals surface area (Å²) in [4.78, 5) is 16.1. The van der Waals surface area contributed by atoms with Gasteiger partial charge < -0.3 is 10.1 Å². The molecule has 0 unspecified atom stereocenters. The molecular weight excluding hydrogens is 271 g/mol. The van der Waals surface area contributed by atoms with Crippen LogP contribution in [0.25, 0.3) is 11.3 Å². The number of hydrogen-bond acceptors (Lipinski definition) is 3. The van der Waals surface area contributed by atoms with Crippen LogP contribution in [0.4, 0.5) is 4.39 Å². The highest BCUT2D eigenvalue weighted by atomic mass is 19.1. The first-order valence-corrected chi connectivity index (χ1v) is 6.70. The molecule has 1 N–H and O–H groups in total. The number of hydrogen-bond donors (Lipinski definition) is 1. The Morgan fingerprint density at radius 1 is 1.33 bits per heavy atom. The first-order chi connectivity index (χ1) is 10.2. The zero-order valence-corrected chi connectivity index (χ0v) is 11.8. The van der Waals surface area contributed by atoms with E-state index in [9.17, 15) is 9.18 Å². The molecule has 5 heteroatoms. The molecule has 21 heavy (non-hydrogen) atoms. The van der Waals surface area contributed by atoms with Crippen molar-refractivity contribution in [1.82, 2.24) is 10.3 Å². The van der Waals surface area contributed by atoms with Gasteiger partial charge in [0.25, 0.3) is 5.91 Å². The van der Waals surface area contributed by atoms with Gasteiger partial charge in [0.1, 0.15) is 5.82 Å². The summed E-state index contributed by atoms with van der Waals surface area (Å²) >= 11 is 0. The minimum atomic E-state index is -0.311. The lowest BCUT2D eigenvalue weighted by molar-refractivity contribution is 0.0948. The number of methoxy groups -OCH3 is 1. The van der Waals surface area contributed by atoms with E-state index >= 15 is 0 Å². The standard InChI is InChI=1S/C16H17FN2O2/c1-21-9-3-8-18-16(20)13-6-7-15(19-11-13)12-4-2-5-14(17)10-12/h2,4-7,10-11H,3,8-9H2,1H3,(H,18,20). The maximum absolute atomic E-state index is 13.2. The molecule has 1 heterocycles. The number of nitrogens with one attached hydrogen (secondary N) is 1. The van der Waals surface area contributed by atoms with Crippen molar-refractivity contribution in [2.24, 2.45) is 0 Å². The highest BCUT2D eigenvalue weighted by Crippen LogP contribution is 2.17. The van der Waals surface area contributed by atoms with Crippen LogP contribution in [0.2, 0.25) is 0 Å². The fourth-order valence-electron chi connectivity index (χ4n) is 1.87. The molecule has 0 aliphatic rings. The Labute approximate surface area is 123 Å². The van der Waals surface area contributed by atoms with Gasteiger partial charge in [0.05, 0.1) is 11.3 Å². The SMILES string of the molecule is COCCCNC(=O)c1ccc(-c2cccc(F)c2)nc1. The Morgan fingerprint density at radius 2 is 2.19 bits per heavy atom. The van der Waals surface area contributed by atoms with E-state index in [2.05, 4.69) is 10.3 Å². The monoisotopic (exact) mass is 288 g/mol. The second-order valence-corrected chi connectivity index (χ2v) is 4.54. The average Bonchev–Trinajstić information content (AvgIpc) is 2.51. The van der Waals surface area contributed by atoms with Crippen molar-refractivity contribution < 1.29 is 13.9 Å². The first kappa shape index (κ1) is 15.1. The number of amides is 1. The third-order valence-electron chi connectivity index (χ3n) is 2.96. The largest absolute Gasteiger partial charge is 0.385 e. The van der Waals surface area contributed by atoms with Gasteiger partial charge in [-0.3, -0.25) is 9.78 Å². The Kier molecular flexibility index (Phi) is 5.40. The van der Waals surface area contributed by atoms with Crippen LogP contribution in [0.15, 0.2) is 42.6 Å². The molecule has 4 nitrogen and oxygen atoms in total. The molecule has 0 saturated carbocycles. The number of benzene rings is 1. The zero-order chi connectivity index (χ0) is 15.1. The van der Waals surface area contributed by atoms with E-state index in [0.29, 0.717) is 30.0 Å². The fourth-order valence-corrected chi connectivity index (χ4v) is 1.87. The van der Waals surface area contributed by atoms with Crippen LogP contribution in [0.5, 0.6) is 0 Å². The molecular formula is C16H17FN2O2. The molecule has 110 valence electrons.